The summed E-state index contributed by atoms with van der Waals surface area (Å²) >= 11 is 0. The number of carbonyl (C=O) groups is 1. The number of carbonyl (C=O) groups excluding carboxylic acids is 1. The second-order valence-electron chi connectivity index (χ2n) is 5.78. The van der Waals surface area contributed by atoms with Gasteiger partial charge in [0.05, 0.1) is 11.3 Å². The van der Waals surface area contributed by atoms with Gasteiger partial charge in [-0.3, -0.25) is 9.78 Å². The molecule has 0 aliphatic heterocycles. The Morgan fingerprint density at radius 3 is 2.65 bits per heavy atom. The molecule has 4 nitrogen and oxygen atoms in total. The van der Waals surface area contributed by atoms with Gasteiger partial charge in [0.15, 0.2) is 0 Å². The van der Waals surface area contributed by atoms with E-state index >= 15 is 0 Å². The van der Waals surface area contributed by atoms with Crippen LogP contribution >= 0.6 is 0 Å². The van der Waals surface area contributed by atoms with E-state index in [1.165, 1.54) is 12.8 Å². The lowest BCUT2D eigenvalue weighted by molar-refractivity contribution is 0.0908. The summed E-state index contributed by atoms with van der Waals surface area (Å²) in [4.78, 5) is 16.5. The Kier molecular flexibility index (Phi) is 5.12. The zero-order valence-electron chi connectivity index (χ0n) is 12.4. The molecule has 1 aromatic rings. The van der Waals surface area contributed by atoms with Crippen LogP contribution in [0.15, 0.2) is 12.1 Å². The van der Waals surface area contributed by atoms with Crippen LogP contribution in [0, 0.1) is 25.7 Å². The maximum Gasteiger partial charge on any atom is 0.253 e. The van der Waals surface area contributed by atoms with Crippen LogP contribution in [0.25, 0.3) is 0 Å². The van der Waals surface area contributed by atoms with Crippen LogP contribution in [0.4, 0.5) is 0 Å². The maximum absolute atomic E-state index is 12.2. The number of aliphatic hydroxyl groups excluding tert-OH is 1. The first-order valence-electron chi connectivity index (χ1n) is 7.45. The summed E-state index contributed by atoms with van der Waals surface area (Å²) < 4.78 is 0. The predicted molar refractivity (Wildman–Crippen MR) is 78.6 cm³/mol. The van der Waals surface area contributed by atoms with Gasteiger partial charge in [-0.2, -0.15) is 0 Å². The summed E-state index contributed by atoms with van der Waals surface area (Å²) in [5.41, 5.74) is 2.34. The first kappa shape index (κ1) is 15.0. The van der Waals surface area contributed by atoms with Crippen LogP contribution in [0.1, 0.15) is 47.4 Å². The molecule has 0 radical (unpaired) electrons. The van der Waals surface area contributed by atoms with Crippen molar-refractivity contribution >= 4 is 5.91 Å². The maximum atomic E-state index is 12.2. The Bertz CT molecular complexity index is 474. The molecular formula is C16H24N2O2. The Morgan fingerprint density at radius 2 is 2.00 bits per heavy atom. The number of aliphatic hydroxyl groups is 1. The van der Waals surface area contributed by atoms with Gasteiger partial charge in [-0.1, -0.05) is 12.8 Å². The Labute approximate surface area is 120 Å². The number of aromatic nitrogens is 1. The zero-order chi connectivity index (χ0) is 14.5. The minimum absolute atomic E-state index is 0.0581. The third-order valence-corrected chi connectivity index (χ3v) is 4.30. The molecule has 1 fully saturated rings. The summed E-state index contributed by atoms with van der Waals surface area (Å²) in [6, 6.07) is 3.69. The first-order valence-corrected chi connectivity index (χ1v) is 7.45. The molecule has 2 unspecified atom stereocenters. The van der Waals surface area contributed by atoms with E-state index in [0.717, 1.165) is 24.2 Å². The molecule has 1 aromatic heterocycles. The van der Waals surface area contributed by atoms with Crippen LogP contribution in [-0.2, 0) is 0 Å². The third-order valence-electron chi connectivity index (χ3n) is 4.30. The molecule has 110 valence electrons. The molecular weight excluding hydrogens is 252 g/mol. The fourth-order valence-corrected chi connectivity index (χ4v) is 3.04. The van der Waals surface area contributed by atoms with Crippen molar-refractivity contribution in [1.29, 1.82) is 0 Å². The van der Waals surface area contributed by atoms with Crippen LogP contribution in [0.2, 0.25) is 0 Å². The zero-order valence-corrected chi connectivity index (χ0v) is 12.4. The molecule has 20 heavy (non-hydrogen) atoms. The molecule has 2 N–H and O–H groups in total. The van der Waals surface area contributed by atoms with Gasteiger partial charge in [0.1, 0.15) is 0 Å². The first-order chi connectivity index (χ1) is 9.61. The van der Waals surface area contributed by atoms with E-state index in [-0.39, 0.29) is 12.5 Å². The van der Waals surface area contributed by atoms with Gasteiger partial charge in [-0.25, -0.2) is 0 Å². The number of nitrogens with zero attached hydrogens (tertiary/aromatic N) is 1. The minimum atomic E-state index is -0.0581. The van der Waals surface area contributed by atoms with Gasteiger partial charge >= 0.3 is 0 Å². The number of nitrogens with one attached hydrogen (secondary N) is 1. The van der Waals surface area contributed by atoms with E-state index in [9.17, 15) is 9.90 Å². The summed E-state index contributed by atoms with van der Waals surface area (Å²) in [6.45, 7) is 4.66. The molecule has 1 saturated carbocycles. The van der Waals surface area contributed by atoms with Crippen LogP contribution in [0.3, 0.4) is 0 Å². The van der Waals surface area contributed by atoms with Gasteiger partial charge < -0.3 is 10.4 Å². The van der Waals surface area contributed by atoms with Crippen LogP contribution in [-0.4, -0.2) is 29.1 Å². The standard InChI is InChI=1S/C16H24N2O2/c1-11-7-8-15(12(2)18-11)16(20)17-9-13-5-3-4-6-14(13)10-19/h7-8,13-14,19H,3-6,9-10H2,1-2H3,(H,17,20). The van der Waals surface area contributed by atoms with Gasteiger partial charge in [-0.05, 0) is 50.7 Å². The van der Waals surface area contributed by atoms with Crippen molar-refractivity contribution in [2.75, 3.05) is 13.2 Å². The molecule has 4 heteroatoms. The molecule has 1 amide bonds. The van der Waals surface area contributed by atoms with Crippen molar-refractivity contribution in [2.24, 2.45) is 11.8 Å². The Morgan fingerprint density at radius 1 is 1.30 bits per heavy atom. The predicted octanol–water partition coefficient (Wildman–Crippen LogP) is 2.23. The number of hydrogen-bond donors (Lipinski definition) is 2. The fourth-order valence-electron chi connectivity index (χ4n) is 3.04. The Balaban J connectivity index is 1.94. The number of hydrogen-bond acceptors (Lipinski definition) is 3. The molecule has 2 atom stereocenters. The van der Waals surface area contributed by atoms with E-state index < -0.39 is 0 Å². The third kappa shape index (κ3) is 3.57. The molecule has 0 spiro atoms. The molecule has 2 rings (SSSR count). The number of pyridine rings is 1. The molecule has 1 heterocycles. The topological polar surface area (TPSA) is 62.2 Å². The number of rotatable bonds is 4. The van der Waals surface area contributed by atoms with E-state index in [1.807, 2.05) is 26.0 Å². The minimum Gasteiger partial charge on any atom is -0.396 e. The van der Waals surface area contributed by atoms with E-state index in [1.54, 1.807) is 0 Å². The fraction of sp³-hybridized carbons (Fsp3) is 0.625. The monoisotopic (exact) mass is 276 g/mol. The quantitative estimate of drug-likeness (QED) is 0.886. The second-order valence-corrected chi connectivity index (χ2v) is 5.78. The van der Waals surface area contributed by atoms with Crippen molar-refractivity contribution in [2.45, 2.75) is 39.5 Å². The van der Waals surface area contributed by atoms with Crippen molar-refractivity contribution in [1.82, 2.24) is 10.3 Å². The summed E-state index contributed by atoms with van der Waals surface area (Å²) in [6.07, 6.45) is 4.55. The number of amides is 1. The summed E-state index contributed by atoms with van der Waals surface area (Å²) in [7, 11) is 0. The highest BCUT2D eigenvalue weighted by Crippen LogP contribution is 2.29. The van der Waals surface area contributed by atoms with E-state index in [0.29, 0.717) is 23.9 Å². The number of aryl methyl sites for hydroxylation is 2. The van der Waals surface area contributed by atoms with Gasteiger partial charge in [0, 0.05) is 18.8 Å². The van der Waals surface area contributed by atoms with Crippen molar-refractivity contribution < 1.29 is 9.90 Å². The highest BCUT2D eigenvalue weighted by Gasteiger charge is 2.25. The highest BCUT2D eigenvalue weighted by atomic mass is 16.3. The van der Waals surface area contributed by atoms with E-state index in [4.69, 9.17) is 0 Å². The molecule has 0 bridgehead atoms. The molecule has 1 aliphatic rings. The van der Waals surface area contributed by atoms with Gasteiger partial charge in [-0.15, -0.1) is 0 Å². The van der Waals surface area contributed by atoms with Crippen LogP contribution in [0.5, 0.6) is 0 Å². The average Bonchev–Trinajstić information content (AvgIpc) is 2.45. The SMILES string of the molecule is Cc1ccc(C(=O)NCC2CCCCC2CO)c(C)n1. The average molecular weight is 276 g/mol. The van der Waals surface area contributed by atoms with Gasteiger partial charge in [0.2, 0.25) is 0 Å². The second kappa shape index (κ2) is 6.84. The molecule has 1 aliphatic carbocycles. The van der Waals surface area contributed by atoms with Gasteiger partial charge in [0.25, 0.3) is 5.91 Å². The normalized spacial score (nSPS) is 22.6. The van der Waals surface area contributed by atoms with Crippen molar-refractivity contribution in [3.05, 3.63) is 29.1 Å². The largest absolute Gasteiger partial charge is 0.396 e. The summed E-state index contributed by atoms with van der Waals surface area (Å²) in [5.74, 6) is 0.676. The van der Waals surface area contributed by atoms with E-state index in [2.05, 4.69) is 10.3 Å². The molecule has 0 aromatic carbocycles. The lowest BCUT2D eigenvalue weighted by Gasteiger charge is -2.30. The Hall–Kier alpha value is -1.42. The van der Waals surface area contributed by atoms with Crippen molar-refractivity contribution in [3.8, 4) is 0 Å². The lowest BCUT2D eigenvalue weighted by Crippen LogP contribution is -2.35. The summed E-state index contributed by atoms with van der Waals surface area (Å²) in [5, 5.41) is 12.4. The highest BCUT2D eigenvalue weighted by molar-refractivity contribution is 5.95. The smallest absolute Gasteiger partial charge is 0.253 e. The lowest BCUT2D eigenvalue weighted by atomic mass is 9.79. The van der Waals surface area contributed by atoms with Crippen LogP contribution < -0.4 is 5.32 Å². The molecule has 0 saturated heterocycles. The van der Waals surface area contributed by atoms with Crippen molar-refractivity contribution in [3.63, 3.8) is 0 Å².